The van der Waals surface area contributed by atoms with Gasteiger partial charge in [0.25, 0.3) is 5.69 Å². The number of hydrogen-bond donors (Lipinski definition) is 0. The van der Waals surface area contributed by atoms with Crippen molar-refractivity contribution in [2.75, 3.05) is 6.61 Å². The lowest BCUT2D eigenvalue weighted by Gasteiger charge is -2.19. The maximum Gasteiger partial charge on any atom is 0.383 e. The number of hydrogen-bond acceptors (Lipinski definition) is 5. The maximum atomic E-state index is 13.2. The Hall–Kier alpha value is -2.69. The van der Waals surface area contributed by atoms with Crippen molar-refractivity contribution in [2.24, 2.45) is 0 Å². The molecule has 26 heavy (non-hydrogen) atoms. The minimum atomic E-state index is -3.48. The third-order valence-electron chi connectivity index (χ3n) is 3.86. The zero-order valence-electron chi connectivity index (χ0n) is 14.2. The van der Waals surface area contributed by atoms with Gasteiger partial charge in [-0.3, -0.25) is 14.6 Å². The standard InChI is InChI=1S/C19H18NO5P/c1-2-24-26(23,25-18-12-10-17(11-13-18)20(21)22)14-16-8-5-7-15-6-3-4-9-19(15)16/h3-13H,2,14H2,1H3/t26-/m0/s1. The van der Waals surface area contributed by atoms with E-state index in [2.05, 4.69) is 0 Å². The second-order valence-corrected chi connectivity index (χ2v) is 7.65. The molecule has 0 aliphatic rings. The Balaban J connectivity index is 1.89. The maximum absolute atomic E-state index is 13.2. The molecule has 3 aromatic carbocycles. The van der Waals surface area contributed by atoms with Crippen LogP contribution >= 0.6 is 7.60 Å². The average Bonchev–Trinajstić information content (AvgIpc) is 2.62. The SMILES string of the molecule is CCO[P@@](=O)(Cc1cccc2ccccc12)Oc1ccc([N+](=O)[O-])cc1. The van der Waals surface area contributed by atoms with Crippen LogP contribution in [0.2, 0.25) is 0 Å². The summed E-state index contributed by atoms with van der Waals surface area (Å²) in [5.74, 6) is 0.271. The fourth-order valence-corrected chi connectivity index (χ4v) is 4.47. The van der Waals surface area contributed by atoms with E-state index in [4.69, 9.17) is 9.05 Å². The minimum absolute atomic E-state index is 0.0577. The molecule has 0 bridgehead atoms. The van der Waals surface area contributed by atoms with Gasteiger partial charge in [-0.05, 0) is 35.4 Å². The van der Waals surface area contributed by atoms with Crippen molar-refractivity contribution in [3.05, 3.63) is 82.4 Å². The van der Waals surface area contributed by atoms with Crippen LogP contribution in [0.5, 0.6) is 5.75 Å². The van der Waals surface area contributed by atoms with Crippen molar-refractivity contribution in [3.8, 4) is 5.75 Å². The molecule has 3 rings (SSSR count). The molecule has 0 aliphatic heterocycles. The Morgan fingerprint density at radius 1 is 1.00 bits per heavy atom. The van der Waals surface area contributed by atoms with Gasteiger partial charge in [0.05, 0.1) is 17.7 Å². The van der Waals surface area contributed by atoms with Crippen LogP contribution in [0.4, 0.5) is 5.69 Å². The third kappa shape index (κ3) is 4.10. The van der Waals surface area contributed by atoms with E-state index in [1.807, 2.05) is 42.5 Å². The number of non-ortho nitro benzene ring substituents is 1. The highest BCUT2D eigenvalue weighted by molar-refractivity contribution is 7.53. The van der Waals surface area contributed by atoms with Crippen LogP contribution in [0.1, 0.15) is 12.5 Å². The van der Waals surface area contributed by atoms with E-state index >= 15 is 0 Å². The van der Waals surface area contributed by atoms with Gasteiger partial charge in [0.15, 0.2) is 0 Å². The van der Waals surface area contributed by atoms with Crippen molar-refractivity contribution in [1.82, 2.24) is 0 Å². The van der Waals surface area contributed by atoms with E-state index in [9.17, 15) is 14.7 Å². The lowest BCUT2D eigenvalue weighted by atomic mass is 10.1. The zero-order chi connectivity index (χ0) is 18.6. The fourth-order valence-electron chi connectivity index (χ4n) is 2.73. The first-order valence-electron chi connectivity index (χ1n) is 8.15. The van der Waals surface area contributed by atoms with E-state index < -0.39 is 12.5 Å². The summed E-state index contributed by atoms with van der Waals surface area (Å²) in [6.45, 7) is 1.98. The molecule has 0 saturated heterocycles. The number of nitro benzene ring substituents is 1. The Morgan fingerprint density at radius 2 is 1.69 bits per heavy atom. The normalized spacial score (nSPS) is 13.3. The molecule has 0 aliphatic carbocycles. The lowest BCUT2D eigenvalue weighted by molar-refractivity contribution is -0.384. The number of fused-ring (bicyclic) bond motifs is 1. The highest BCUT2D eigenvalue weighted by Gasteiger charge is 2.27. The first-order valence-corrected chi connectivity index (χ1v) is 9.88. The zero-order valence-corrected chi connectivity index (χ0v) is 15.1. The highest BCUT2D eigenvalue weighted by Crippen LogP contribution is 2.52. The molecule has 0 radical (unpaired) electrons. The van der Waals surface area contributed by atoms with Gasteiger partial charge in [-0.25, -0.2) is 4.57 Å². The summed E-state index contributed by atoms with van der Waals surface area (Å²) in [6.07, 6.45) is 0.110. The Labute approximate surface area is 151 Å². The van der Waals surface area contributed by atoms with E-state index in [1.54, 1.807) is 6.92 Å². The third-order valence-corrected chi connectivity index (χ3v) is 5.73. The van der Waals surface area contributed by atoms with Crippen LogP contribution in [0.15, 0.2) is 66.7 Å². The van der Waals surface area contributed by atoms with Crippen LogP contribution in [0.3, 0.4) is 0 Å². The van der Waals surface area contributed by atoms with Crippen molar-refractivity contribution in [2.45, 2.75) is 13.1 Å². The molecule has 7 heteroatoms. The summed E-state index contributed by atoms with van der Waals surface area (Å²) in [4.78, 5) is 10.3. The van der Waals surface area contributed by atoms with Gasteiger partial charge in [-0.2, -0.15) is 0 Å². The Kier molecular flexibility index (Phi) is 5.35. The van der Waals surface area contributed by atoms with Crippen LogP contribution in [-0.2, 0) is 15.3 Å². The van der Waals surface area contributed by atoms with Crippen LogP contribution < -0.4 is 4.52 Å². The Morgan fingerprint density at radius 3 is 2.38 bits per heavy atom. The Bertz CT molecular complexity index is 966. The molecule has 1 atom stereocenters. The van der Waals surface area contributed by atoms with Crippen LogP contribution in [-0.4, -0.2) is 11.5 Å². The van der Waals surface area contributed by atoms with E-state index in [-0.39, 0.29) is 24.2 Å². The first-order chi connectivity index (χ1) is 12.5. The lowest BCUT2D eigenvalue weighted by Crippen LogP contribution is -2.02. The average molecular weight is 371 g/mol. The van der Waals surface area contributed by atoms with Crippen molar-refractivity contribution in [3.63, 3.8) is 0 Å². The summed E-state index contributed by atoms with van der Waals surface area (Å²) in [5, 5.41) is 12.8. The smallest absolute Gasteiger partial charge is 0.383 e. The second kappa shape index (κ2) is 7.68. The number of nitrogens with zero attached hydrogens (tertiary/aromatic N) is 1. The molecule has 0 N–H and O–H groups in total. The number of benzene rings is 3. The van der Waals surface area contributed by atoms with Crippen LogP contribution in [0, 0.1) is 10.1 Å². The summed E-state index contributed by atoms with van der Waals surface area (Å²) in [7, 11) is -3.48. The molecule has 3 aromatic rings. The van der Waals surface area contributed by atoms with E-state index in [0.717, 1.165) is 16.3 Å². The van der Waals surface area contributed by atoms with Gasteiger partial charge in [0.2, 0.25) is 0 Å². The number of nitro groups is 1. The molecule has 6 nitrogen and oxygen atoms in total. The second-order valence-electron chi connectivity index (χ2n) is 5.67. The largest absolute Gasteiger partial charge is 0.424 e. The predicted molar refractivity (Wildman–Crippen MR) is 101 cm³/mol. The number of rotatable bonds is 7. The van der Waals surface area contributed by atoms with Gasteiger partial charge in [-0.15, -0.1) is 0 Å². The molecule has 0 fully saturated rings. The van der Waals surface area contributed by atoms with Gasteiger partial charge in [0.1, 0.15) is 5.75 Å². The summed E-state index contributed by atoms with van der Waals surface area (Å²) < 4.78 is 24.3. The topological polar surface area (TPSA) is 78.7 Å². The van der Waals surface area contributed by atoms with E-state index in [0.29, 0.717) is 0 Å². The first kappa shape index (κ1) is 18.1. The van der Waals surface area contributed by atoms with Crippen molar-refractivity contribution < 1.29 is 18.5 Å². The molecular weight excluding hydrogens is 353 g/mol. The van der Waals surface area contributed by atoms with Gasteiger partial charge < -0.3 is 4.52 Å². The van der Waals surface area contributed by atoms with Crippen LogP contribution in [0.25, 0.3) is 10.8 Å². The van der Waals surface area contributed by atoms with Gasteiger partial charge in [-0.1, -0.05) is 42.5 Å². The highest BCUT2D eigenvalue weighted by atomic mass is 31.2. The molecule has 0 heterocycles. The van der Waals surface area contributed by atoms with Gasteiger partial charge in [0, 0.05) is 12.1 Å². The molecule has 0 saturated carbocycles. The molecule has 0 aromatic heterocycles. The molecule has 134 valence electrons. The molecular formula is C19H18NO5P. The van der Waals surface area contributed by atoms with E-state index in [1.165, 1.54) is 24.3 Å². The molecule has 0 spiro atoms. The summed E-state index contributed by atoms with van der Waals surface area (Å²) in [6, 6.07) is 19.1. The quantitative estimate of drug-likeness (QED) is 0.309. The van der Waals surface area contributed by atoms with Crippen molar-refractivity contribution in [1.29, 1.82) is 0 Å². The summed E-state index contributed by atoms with van der Waals surface area (Å²) >= 11 is 0. The van der Waals surface area contributed by atoms with Crippen molar-refractivity contribution >= 4 is 24.1 Å². The monoisotopic (exact) mass is 371 g/mol. The van der Waals surface area contributed by atoms with Gasteiger partial charge >= 0.3 is 7.60 Å². The molecule has 0 amide bonds. The summed E-state index contributed by atoms with van der Waals surface area (Å²) in [5.41, 5.74) is 0.805. The predicted octanol–water partition coefficient (Wildman–Crippen LogP) is 5.56. The molecule has 0 unspecified atom stereocenters. The minimum Gasteiger partial charge on any atom is -0.424 e. The fraction of sp³-hybridized carbons (Fsp3) is 0.158.